The van der Waals surface area contributed by atoms with Crippen molar-refractivity contribution in [1.29, 1.82) is 0 Å². The third-order valence-corrected chi connectivity index (χ3v) is 3.56. The van der Waals surface area contributed by atoms with Gasteiger partial charge in [0.2, 0.25) is 0 Å². The Morgan fingerprint density at radius 2 is 1.75 bits per heavy atom. The van der Waals surface area contributed by atoms with Crippen molar-refractivity contribution >= 4 is 11.6 Å². The van der Waals surface area contributed by atoms with E-state index >= 15 is 0 Å². The molecule has 0 saturated carbocycles. The Balaban J connectivity index is 1.89. The van der Waals surface area contributed by atoms with Gasteiger partial charge in [-0.15, -0.1) is 0 Å². The minimum atomic E-state index is 0.656. The Kier molecular flexibility index (Phi) is 3.69. The van der Waals surface area contributed by atoms with Gasteiger partial charge in [-0.3, -0.25) is 0 Å². The first-order chi connectivity index (χ1) is 9.86. The molecule has 0 aromatic heterocycles. The third-order valence-electron chi connectivity index (χ3n) is 3.56. The van der Waals surface area contributed by atoms with Gasteiger partial charge >= 0.3 is 0 Å². The Morgan fingerprint density at radius 1 is 1.00 bits per heavy atom. The average molecular weight is 262 g/mol. The molecule has 0 unspecified atom stereocenters. The molecule has 0 radical (unpaired) electrons. The van der Waals surface area contributed by atoms with Crippen molar-refractivity contribution in [3.63, 3.8) is 0 Å². The van der Waals surface area contributed by atoms with Crippen LogP contribution >= 0.6 is 0 Å². The molecule has 100 valence electrons. The van der Waals surface area contributed by atoms with Crippen LogP contribution in [-0.4, -0.2) is 6.61 Å². The first kappa shape index (κ1) is 12.7. The van der Waals surface area contributed by atoms with E-state index in [1.54, 1.807) is 0 Å². The van der Waals surface area contributed by atoms with E-state index in [-0.39, 0.29) is 0 Å². The molecule has 0 atom stereocenters. The lowest BCUT2D eigenvalue weighted by Crippen LogP contribution is -1.88. The van der Waals surface area contributed by atoms with Crippen LogP contribution in [0.3, 0.4) is 0 Å². The zero-order valence-corrected chi connectivity index (χ0v) is 11.7. The molecule has 0 amide bonds. The second kappa shape index (κ2) is 5.79. The van der Waals surface area contributed by atoms with E-state index in [0.29, 0.717) is 6.61 Å². The fraction of sp³-hybridized carbons (Fsp3) is 0.158. The van der Waals surface area contributed by atoms with Gasteiger partial charge in [0.15, 0.2) is 0 Å². The largest absolute Gasteiger partial charge is 0.489 e. The topological polar surface area (TPSA) is 9.23 Å². The molecule has 3 rings (SSSR count). The summed E-state index contributed by atoms with van der Waals surface area (Å²) in [7, 11) is 0. The summed E-state index contributed by atoms with van der Waals surface area (Å²) in [5.41, 5.74) is 4.94. The SMILES string of the molecule is CCc1ccc(C=C2OCC=C2c2ccccc2)cc1. The fourth-order valence-corrected chi connectivity index (χ4v) is 2.39. The molecule has 0 spiro atoms. The Bertz CT molecular complexity index is 633. The van der Waals surface area contributed by atoms with Crippen molar-refractivity contribution in [2.45, 2.75) is 13.3 Å². The molecule has 1 aliphatic heterocycles. The quantitative estimate of drug-likeness (QED) is 0.778. The van der Waals surface area contributed by atoms with Gasteiger partial charge in [-0.1, -0.05) is 61.5 Å². The van der Waals surface area contributed by atoms with Crippen LogP contribution < -0.4 is 0 Å². The van der Waals surface area contributed by atoms with E-state index in [2.05, 4.69) is 67.6 Å². The van der Waals surface area contributed by atoms with Gasteiger partial charge < -0.3 is 4.74 Å². The first-order valence-electron chi connectivity index (χ1n) is 7.06. The standard InChI is InChI=1S/C19H18O/c1-2-15-8-10-16(11-9-15)14-19-18(12-13-20-19)17-6-4-3-5-7-17/h3-12,14H,2,13H2,1H3. The normalized spacial score (nSPS) is 16.1. The lowest BCUT2D eigenvalue weighted by Gasteiger charge is -2.06. The van der Waals surface area contributed by atoms with Crippen LogP contribution in [0.25, 0.3) is 11.6 Å². The highest BCUT2D eigenvalue weighted by Crippen LogP contribution is 2.30. The summed E-state index contributed by atoms with van der Waals surface area (Å²) in [6.45, 7) is 2.83. The first-order valence-corrected chi connectivity index (χ1v) is 7.06. The number of hydrogen-bond donors (Lipinski definition) is 0. The molecule has 20 heavy (non-hydrogen) atoms. The Hall–Kier alpha value is -2.28. The van der Waals surface area contributed by atoms with Crippen molar-refractivity contribution < 1.29 is 4.74 Å². The molecule has 0 fully saturated rings. The summed E-state index contributed by atoms with van der Waals surface area (Å²) in [5.74, 6) is 0.959. The molecular weight excluding hydrogens is 244 g/mol. The van der Waals surface area contributed by atoms with Crippen molar-refractivity contribution in [1.82, 2.24) is 0 Å². The van der Waals surface area contributed by atoms with Gasteiger partial charge in [-0.25, -0.2) is 0 Å². The molecule has 2 aromatic rings. The fourth-order valence-electron chi connectivity index (χ4n) is 2.39. The van der Waals surface area contributed by atoms with E-state index in [1.165, 1.54) is 22.3 Å². The van der Waals surface area contributed by atoms with E-state index in [9.17, 15) is 0 Å². The Morgan fingerprint density at radius 3 is 2.45 bits per heavy atom. The molecule has 1 aliphatic rings. The van der Waals surface area contributed by atoms with Crippen LogP contribution in [0.2, 0.25) is 0 Å². The highest BCUT2D eigenvalue weighted by molar-refractivity contribution is 5.84. The molecule has 2 aromatic carbocycles. The molecule has 0 saturated heterocycles. The molecule has 0 aliphatic carbocycles. The number of rotatable bonds is 3. The van der Waals surface area contributed by atoms with Gasteiger partial charge in [-0.2, -0.15) is 0 Å². The minimum Gasteiger partial charge on any atom is -0.489 e. The second-order valence-electron chi connectivity index (χ2n) is 4.90. The number of aryl methyl sites for hydroxylation is 1. The van der Waals surface area contributed by atoms with E-state index in [0.717, 1.165) is 12.2 Å². The predicted molar refractivity (Wildman–Crippen MR) is 84.2 cm³/mol. The van der Waals surface area contributed by atoms with Crippen molar-refractivity contribution in [3.05, 3.63) is 83.1 Å². The number of allylic oxidation sites excluding steroid dienone is 1. The monoisotopic (exact) mass is 262 g/mol. The van der Waals surface area contributed by atoms with Crippen molar-refractivity contribution in [2.75, 3.05) is 6.61 Å². The maximum atomic E-state index is 5.75. The van der Waals surface area contributed by atoms with Gasteiger partial charge in [-0.05, 0) is 35.3 Å². The summed E-state index contributed by atoms with van der Waals surface area (Å²) in [6.07, 6.45) is 5.33. The van der Waals surface area contributed by atoms with Crippen LogP contribution in [0.5, 0.6) is 0 Å². The Labute approximate surface area is 120 Å². The lowest BCUT2D eigenvalue weighted by molar-refractivity contribution is 0.284. The molecular formula is C19H18O. The molecule has 1 nitrogen and oxygen atoms in total. The maximum Gasteiger partial charge on any atom is 0.128 e. The van der Waals surface area contributed by atoms with Crippen LogP contribution in [0.1, 0.15) is 23.6 Å². The van der Waals surface area contributed by atoms with Gasteiger partial charge in [0.05, 0.1) is 0 Å². The van der Waals surface area contributed by atoms with Gasteiger partial charge in [0, 0.05) is 5.57 Å². The highest BCUT2D eigenvalue weighted by Gasteiger charge is 2.14. The van der Waals surface area contributed by atoms with Gasteiger partial charge in [0.25, 0.3) is 0 Å². The van der Waals surface area contributed by atoms with Crippen LogP contribution in [0.15, 0.2) is 66.4 Å². The van der Waals surface area contributed by atoms with E-state index in [1.807, 2.05) is 6.07 Å². The molecule has 0 N–H and O–H groups in total. The maximum absolute atomic E-state index is 5.75. The molecule has 0 bridgehead atoms. The predicted octanol–water partition coefficient (Wildman–Crippen LogP) is 4.70. The van der Waals surface area contributed by atoms with E-state index < -0.39 is 0 Å². The lowest BCUT2D eigenvalue weighted by atomic mass is 10.0. The summed E-state index contributed by atoms with van der Waals surface area (Å²) in [5, 5.41) is 0. The minimum absolute atomic E-state index is 0.656. The van der Waals surface area contributed by atoms with Crippen molar-refractivity contribution in [3.8, 4) is 0 Å². The number of ether oxygens (including phenoxy) is 1. The molecule has 1 heteroatoms. The summed E-state index contributed by atoms with van der Waals surface area (Å²) < 4.78 is 5.75. The summed E-state index contributed by atoms with van der Waals surface area (Å²) in [6, 6.07) is 19.0. The average Bonchev–Trinajstić information content (AvgIpc) is 2.97. The zero-order valence-electron chi connectivity index (χ0n) is 11.7. The van der Waals surface area contributed by atoms with Crippen LogP contribution in [0, 0.1) is 0 Å². The highest BCUT2D eigenvalue weighted by atomic mass is 16.5. The summed E-state index contributed by atoms with van der Waals surface area (Å²) in [4.78, 5) is 0. The van der Waals surface area contributed by atoms with Crippen molar-refractivity contribution in [2.24, 2.45) is 0 Å². The van der Waals surface area contributed by atoms with Crippen LogP contribution in [0.4, 0.5) is 0 Å². The van der Waals surface area contributed by atoms with Crippen LogP contribution in [-0.2, 0) is 11.2 Å². The second-order valence-corrected chi connectivity index (χ2v) is 4.90. The van der Waals surface area contributed by atoms with Gasteiger partial charge in [0.1, 0.15) is 12.4 Å². The number of hydrogen-bond acceptors (Lipinski definition) is 1. The zero-order chi connectivity index (χ0) is 13.8. The molecule has 1 heterocycles. The number of benzene rings is 2. The van der Waals surface area contributed by atoms with E-state index in [4.69, 9.17) is 4.74 Å². The summed E-state index contributed by atoms with van der Waals surface area (Å²) >= 11 is 0. The smallest absolute Gasteiger partial charge is 0.128 e. The third kappa shape index (κ3) is 2.67.